The van der Waals surface area contributed by atoms with Crippen molar-refractivity contribution in [3.63, 3.8) is 0 Å². The van der Waals surface area contributed by atoms with E-state index in [1.165, 1.54) is 6.08 Å². The Kier molecular flexibility index (Phi) is 4.39. The van der Waals surface area contributed by atoms with Crippen LogP contribution in [0.3, 0.4) is 0 Å². The molecule has 0 bridgehead atoms. The molecule has 2 aromatic rings. The third-order valence-electron chi connectivity index (χ3n) is 2.59. The summed E-state index contributed by atoms with van der Waals surface area (Å²) in [5.74, 6) is -0.152. The number of rotatable bonds is 5. The van der Waals surface area contributed by atoms with E-state index < -0.39 is 5.97 Å². The Morgan fingerprint density at radius 3 is 2.70 bits per heavy atom. The van der Waals surface area contributed by atoms with Crippen LogP contribution in [0.1, 0.15) is 11.1 Å². The fourth-order valence-corrected chi connectivity index (χ4v) is 1.69. The zero-order chi connectivity index (χ0) is 14.4. The van der Waals surface area contributed by atoms with E-state index in [-0.39, 0.29) is 5.75 Å². The highest BCUT2D eigenvalue weighted by molar-refractivity contribution is 5.85. The maximum absolute atomic E-state index is 10.5. The molecule has 0 unspecified atom stereocenters. The number of benzene rings is 2. The molecule has 0 aliphatic carbocycles. The van der Waals surface area contributed by atoms with E-state index >= 15 is 0 Å². The highest BCUT2D eigenvalue weighted by Gasteiger charge is 1.98. The van der Waals surface area contributed by atoms with Crippen LogP contribution in [0, 0.1) is 0 Å². The minimum Gasteiger partial charge on any atom is -0.508 e. The fourth-order valence-electron chi connectivity index (χ4n) is 1.69. The summed E-state index contributed by atoms with van der Waals surface area (Å²) < 4.78 is 5.60. The van der Waals surface area contributed by atoms with Crippen molar-refractivity contribution in [1.29, 1.82) is 0 Å². The Hall–Kier alpha value is -2.75. The van der Waals surface area contributed by atoms with E-state index in [2.05, 4.69) is 0 Å². The summed E-state index contributed by atoms with van der Waals surface area (Å²) in [4.78, 5) is 10.5. The van der Waals surface area contributed by atoms with Crippen LogP contribution < -0.4 is 4.74 Å². The Morgan fingerprint density at radius 2 is 1.95 bits per heavy atom. The van der Waals surface area contributed by atoms with Crippen LogP contribution in [0.25, 0.3) is 6.08 Å². The van der Waals surface area contributed by atoms with Crippen LogP contribution >= 0.6 is 0 Å². The second-order valence-electron chi connectivity index (χ2n) is 4.20. The molecule has 0 radical (unpaired) electrons. The van der Waals surface area contributed by atoms with E-state index in [0.717, 1.165) is 17.2 Å². The number of phenols is 1. The molecule has 0 atom stereocenters. The zero-order valence-electron chi connectivity index (χ0n) is 10.7. The highest BCUT2D eigenvalue weighted by Crippen LogP contribution is 2.17. The number of aliphatic carboxylic acids is 1. The standard InChI is InChI=1S/C16H14O4/c17-14-5-1-4-13(9-14)11-20-15-6-2-3-12(10-15)7-8-16(18)19/h1-10,17H,11H2,(H,18,19)/b8-7+. The second-order valence-corrected chi connectivity index (χ2v) is 4.20. The van der Waals surface area contributed by atoms with E-state index in [9.17, 15) is 9.90 Å². The normalized spacial score (nSPS) is 10.6. The van der Waals surface area contributed by atoms with E-state index in [1.807, 2.05) is 6.07 Å². The molecule has 0 saturated carbocycles. The SMILES string of the molecule is O=C(O)/C=C/c1cccc(OCc2cccc(O)c2)c1. The molecule has 102 valence electrons. The summed E-state index contributed by atoms with van der Waals surface area (Å²) in [6, 6.07) is 14.0. The van der Waals surface area contributed by atoms with Crippen molar-refractivity contribution < 1.29 is 19.7 Å². The van der Waals surface area contributed by atoms with Crippen molar-refractivity contribution >= 4 is 12.0 Å². The van der Waals surface area contributed by atoms with Crippen molar-refractivity contribution in [2.45, 2.75) is 6.61 Å². The molecule has 2 rings (SSSR count). The average molecular weight is 270 g/mol. The van der Waals surface area contributed by atoms with Gasteiger partial charge in [0.25, 0.3) is 0 Å². The Labute approximate surface area is 116 Å². The smallest absolute Gasteiger partial charge is 0.328 e. The van der Waals surface area contributed by atoms with Gasteiger partial charge in [-0.15, -0.1) is 0 Å². The van der Waals surface area contributed by atoms with Gasteiger partial charge in [-0.2, -0.15) is 0 Å². The number of carbonyl (C=O) groups is 1. The van der Waals surface area contributed by atoms with Gasteiger partial charge in [-0.25, -0.2) is 4.79 Å². The van der Waals surface area contributed by atoms with Crippen molar-refractivity contribution in [1.82, 2.24) is 0 Å². The summed E-state index contributed by atoms with van der Waals surface area (Å²) >= 11 is 0. The molecule has 0 spiro atoms. The lowest BCUT2D eigenvalue weighted by molar-refractivity contribution is -0.131. The van der Waals surface area contributed by atoms with Crippen LogP contribution in [0.5, 0.6) is 11.5 Å². The molecule has 4 nitrogen and oxygen atoms in total. The number of hydrogen-bond donors (Lipinski definition) is 2. The quantitative estimate of drug-likeness (QED) is 0.819. The van der Waals surface area contributed by atoms with Crippen LogP contribution in [0.15, 0.2) is 54.6 Å². The topological polar surface area (TPSA) is 66.8 Å². The molecular formula is C16H14O4. The van der Waals surface area contributed by atoms with Gasteiger partial charge in [0.15, 0.2) is 0 Å². The van der Waals surface area contributed by atoms with Crippen molar-refractivity contribution in [2.75, 3.05) is 0 Å². The molecule has 0 saturated heterocycles. The van der Waals surface area contributed by atoms with Gasteiger partial charge in [0.1, 0.15) is 18.1 Å². The van der Waals surface area contributed by atoms with Gasteiger partial charge in [-0.3, -0.25) is 0 Å². The molecule has 4 heteroatoms. The molecule has 0 aromatic heterocycles. The van der Waals surface area contributed by atoms with Crippen molar-refractivity contribution in [3.8, 4) is 11.5 Å². The molecule has 2 aromatic carbocycles. The first kappa shape index (κ1) is 13.7. The molecule has 0 aliphatic heterocycles. The number of aromatic hydroxyl groups is 1. The van der Waals surface area contributed by atoms with Gasteiger partial charge in [0, 0.05) is 6.08 Å². The van der Waals surface area contributed by atoms with Gasteiger partial charge in [-0.05, 0) is 41.5 Å². The molecule has 0 aliphatic rings. The molecule has 0 amide bonds. The number of ether oxygens (including phenoxy) is 1. The molecule has 0 heterocycles. The Morgan fingerprint density at radius 1 is 1.15 bits per heavy atom. The number of carboxylic acid groups (broad SMARTS) is 1. The first-order valence-electron chi connectivity index (χ1n) is 6.05. The minimum atomic E-state index is -0.990. The van der Waals surface area contributed by atoms with Crippen LogP contribution in [0.4, 0.5) is 0 Å². The average Bonchev–Trinajstić information content (AvgIpc) is 2.43. The summed E-state index contributed by atoms with van der Waals surface area (Å²) in [5, 5.41) is 17.9. The maximum atomic E-state index is 10.5. The van der Waals surface area contributed by atoms with Gasteiger partial charge >= 0.3 is 5.97 Å². The van der Waals surface area contributed by atoms with Gasteiger partial charge in [0.2, 0.25) is 0 Å². The summed E-state index contributed by atoms with van der Waals surface area (Å²) in [6.45, 7) is 0.334. The third-order valence-corrected chi connectivity index (χ3v) is 2.59. The Bertz CT molecular complexity index is 632. The largest absolute Gasteiger partial charge is 0.508 e. The van der Waals surface area contributed by atoms with Crippen LogP contribution in [0.2, 0.25) is 0 Å². The van der Waals surface area contributed by atoms with E-state index in [0.29, 0.717) is 12.4 Å². The monoisotopic (exact) mass is 270 g/mol. The number of phenolic OH excluding ortho intramolecular Hbond substituents is 1. The molecule has 20 heavy (non-hydrogen) atoms. The van der Waals surface area contributed by atoms with Crippen molar-refractivity contribution in [3.05, 3.63) is 65.7 Å². The lowest BCUT2D eigenvalue weighted by atomic mass is 10.2. The zero-order valence-corrected chi connectivity index (χ0v) is 10.7. The third kappa shape index (κ3) is 4.17. The lowest BCUT2D eigenvalue weighted by Crippen LogP contribution is -1.95. The maximum Gasteiger partial charge on any atom is 0.328 e. The van der Waals surface area contributed by atoms with Crippen LogP contribution in [-0.2, 0) is 11.4 Å². The van der Waals surface area contributed by atoms with E-state index in [1.54, 1.807) is 42.5 Å². The molecule has 2 N–H and O–H groups in total. The highest BCUT2D eigenvalue weighted by atomic mass is 16.5. The molecular weight excluding hydrogens is 256 g/mol. The summed E-state index contributed by atoms with van der Waals surface area (Å²) in [6.07, 6.45) is 2.58. The first-order valence-corrected chi connectivity index (χ1v) is 6.05. The van der Waals surface area contributed by atoms with E-state index in [4.69, 9.17) is 9.84 Å². The predicted octanol–water partition coefficient (Wildman–Crippen LogP) is 3.07. The number of hydrogen-bond acceptors (Lipinski definition) is 3. The number of carboxylic acids is 1. The van der Waals surface area contributed by atoms with Crippen LogP contribution in [-0.4, -0.2) is 16.2 Å². The van der Waals surface area contributed by atoms with Crippen molar-refractivity contribution in [2.24, 2.45) is 0 Å². The summed E-state index contributed by atoms with van der Waals surface area (Å²) in [7, 11) is 0. The van der Waals surface area contributed by atoms with Gasteiger partial charge in [-0.1, -0.05) is 24.3 Å². The first-order chi connectivity index (χ1) is 9.63. The van der Waals surface area contributed by atoms with Gasteiger partial charge in [0.05, 0.1) is 0 Å². The molecule has 0 fully saturated rings. The second kappa shape index (κ2) is 6.43. The summed E-state index contributed by atoms with van der Waals surface area (Å²) in [5.41, 5.74) is 1.61. The fraction of sp³-hybridized carbons (Fsp3) is 0.0625. The predicted molar refractivity (Wildman–Crippen MR) is 75.6 cm³/mol. The Balaban J connectivity index is 2.03. The minimum absolute atomic E-state index is 0.198. The van der Waals surface area contributed by atoms with Gasteiger partial charge < -0.3 is 14.9 Å². The lowest BCUT2D eigenvalue weighted by Gasteiger charge is -2.07.